The summed E-state index contributed by atoms with van der Waals surface area (Å²) >= 11 is 6.58. The third kappa shape index (κ3) is 8.70. The maximum Gasteiger partial charge on any atom is 0.316 e. The predicted molar refractivity (Wildman–Crippen MR) is 172 cm³/mol. The summed E-state index contributed by atoms with van der Waals surface area (Å²) in [6.07, 6.45) is 6.44. The molecule has 1 atom stereocenters. The van der Waals surface area contributed by atoms with Crippen LogP contribution in [0.15, 0.2) is 54.9 Å². The van der Waals surface area contributed by atoms with Crippen LogP contribution in [-0.2, 0) is 33.9 Å². The molecule has 1 saturated heterocycles. The van der Waals surface area contributed by atoms with Gasteiger partial charge in [0.15, 0.2) is 0 Å². The Morgan fingerprint density at radius 1 is 1.13 bits per heavy atom. The Bertz CT molecular complexity index is 1440. The zero-order valence-corrected chi connectivity index (χ0v) is 26.6. The number of aromatic nitrogens is 2. The van der Waals surface area contributed by atoms with Crippen molar-refractivity contribution in [2.75, 3.05) is 51.9 Å². The largest absolute Gasteiger partial charge is 0.496 e. The van der Waals surface area contributed by atoms with E-state index in [0.717, 1.165) is 48.2 Å². The number of piperazine rings is 1. The van der Waals surface area contributed by atoms with E-state index < -0.39 is 6.04 Å². The number of carbonyl (C=O) groups excluding carboxylic acids is 2. The fourth-order valence-electron chi connectivity index (χ4n) is 5.35. The van der Waals surface area contributed by atoms with Crippen molar-refractivity contribution in [3.05, 3.63) is 76.6 Å². The Morgan fingerprint density at radius 2 is 1.93 bits per heavy atom. The number of carbonyl (C=O) groups is 2. The first-order valence-corrected chi connectivity index (χ1v) is 15.8. The first kappa shape index (κ1) is 32.6. The van der Waals surface area contributed by atoms with Crippen LogP contribution in [0.25, 0.3) is 0 Å². The monoisotopic (exact) mass is 636 g/mol. The molecule has 0 bridgehead atoms. The second-order valence-corrected chi connectivity index (χ2v) is 11.6. The van der Waals surface area contributed by atoms with Gasteiger partial charge < -0.3 is 29.7 Å². The van der Waals surface area contributed by atoms with Crippen molar-refractivity contribution in [1.29, 1.82) is 0 Å². The number of halogens is 1. The molecule has 11 nitrogen and oxygen atoms in total. The lowest BCUT2D eigenvalue weighted by molar-refractivity contribution is -0.136. The van der Waals surface area contributed by atoms with Gasteiger partial charge in [0.05, 0.1) is 51.6 Å². The lowest BCUT2D eigenvalue weighted by Gasteiger charge is -2.38. The lowest BCUT2D eigenvalue weighted by Crippen LogP contribution is -2.61. The summed E-state index contributed by atoms with van der Waals surface area (Å²) in [6.45, 7) is 3.01. The molecule has 1 aromatic heterocycles. The third-order valence-electron chi connectivity index (χ3n) is 7.87. The number of hydrogen-bond acceptors (Lipinski definition) is 9. The molecular formula is C33H41ClN6O5. The van der Waals surface area contributed by atoms with Crippen LogP contribution in [0.4, 0.5) is 5.69 Å². The van der Waals surface area contributed by atoms with Gasteiger partial charge in [-0.1, -0.05) is 41.9 Å². The fraction of sp³-hybridized carbons (Fsp3) is 0.455. The zero-order chi connectivity index (χ0) is 31.6. The van der Waals surface area contributed by atoms with E-state index in [9.17, 15) is 9.59 Å². The number of nitrogens with one attached hydrogen (secondary N) is 2. The van der Waals surface area contributed by atoms with E-state index in [1.54, 1.807) is 7.11 Å². The van der Waals surface area contributed by atoms with E-state index >= 15 is 0 Å². The molecular weight excluding hydrogens is 596 g/mol. The van der Waals surface area contributed by atoms with Crippen molar-refractivity contribution >= 4 is 29.1 Å². The van der Waals surface area contributed by atoms with Crippen LogP contribution < -0.4 is 25.0 Å². The average Bonchev–Trinajstić information content (AvgIpc) is 3.91. The molecule has 1 saturated carbocycles. The number of para-hydroxylation sites is 1. The van der Waals surface area contributed by atoms with Gasteiger partial charge in [0.25, 0.3) is 0 Å². The van der Waals surface area contributed by atoms with E-state index in [2.05, 4.69) is 26.7 Å². The highest BCUT2D eigenvalue weighted by Crippen LogP contribution is 2.32. The number of anilines is 1. The molecule has 12 heteroatoms. The minimum absolute atomic E-state index is 0.122. The first-order valence-electron chi connectivity index (χ1n) is 15.4. The molecule has 3 aromatic rings. The van der Waals surface area contributed by atoms with Crippen LogP contribution in [0.1, 0.15) is 36.0 Å². The van der Waals surface area contributed by atoms with Gasteiger partial charge in [-0.2, -0.15) is 0 Å². The lowest BCUT2D eigenvalue weighted by atomic mass is 10.1. The number of nitrogens with zero attached hydrogens (tertiary/aromatic N) is 4. The molecule has 0 spiro atoms. The molecule has 5 rings (SSSR count). The minimum Gasteiger partial charge on any atom is -0.496 e. The van der Waals surface area contributed by atoms with Gasteiger partial charge in [-0.25, -0.2) is 9.97 Å². The van der Waals surface area contributed by atoms with Gasteiger partial charge in [-0.15, -0.1) is 0 Å². The van der Waals surface area contributed by atoms with Gasteiger partial charge in [-0.3, -0.25) is 14.5 Å². The molecule has 45 heavy (non-hydrogen) atoms. The normalized spacial score (nSPS) is 16.5. The fourth-order valence-corrected chi connectivity index (χ4v) is 5.52. The maximum atomic E-state index is 14.1. The van der Waals surface area contributed by atoms with E-state index in [1.807, 2.05) is 48.3 Å². The summed E-state index contributed by atoms with van der Waals surface area (Å²) in [5.41, 5.74) is 3.50. The molecule has 2 heterocycles. The number of amides is 2. The Morgan fingerprint density at radius 3 is 2.69 bits per heavy atom. The Hall–Kier alpha value is -3.77. The topological polar surface area (TPSA) is 118 Å². The van der Waals surface area contributed by atoms with Gasteiger partial charge in [0, 0.05) is 36.1 Å². The number of benzene rings is 2. The minimum atomic E-state index is -0.728. The van der Waals surface area contributed by atoms with Crippen LogP contribution in [-0.4, -0.2) is 85.8 Å². The van der Waals surface area contributed by atoms with Crippen molar-refractivity contribution in [2.24, 2.45) is 0 Å². The molecule has 0 unspecified atom stereocenters. The van der Waals surface area contributed by atoms with Gasteiger partial charge in [-0.05, 0) is 56.1 Å². The number of likely N-dealkylation sites (N-methyl/N-ethyl adjacent to an activating group) is 1. The summed E-state index contributed by atoms with van der Waals surface area (Å²) in [4.78, 5) is 39.2. The number of methoxy groups -OCH3 is 1. The zero-order valence-electron chi connectivity index (χ0n) is 25.8. The SMILES string of the molecule is CNCCc1ccc(Cl)c(CN(C(=O)[C@H]2CNCC(=O)N2c2cnc(OCCCOCc3ccccc3OC)nc2)C2CC2)c1. The van der Waals surface area contributed by atoms with E-state index in [1.165, 1.54) is 17.3 Å². The summed E-state index contributed by atoms with van der Waals surface area (Å²) in [6, 6.07) is 13.3. The number of hydrogen-bond donors (Lipinski definition) is 2. The molecule has 2 amide bonds. The number of ether oxygens (including phenoxy) is 3. The summed E-state index contributed by atoms with van der Waals surface area (Å²) in [5.74, 6) is 0.458. The Labute approximate surface area is 269 Å². The van der Waals surface area contributed by atoms with E-state index in [4.69, 9.17) is 25.8 Å². The van der Waals surface area contributed by atoms with Crippen molar-refractivity contribution < 1.29 is 23.8 Å². The van der Waals surface area contributed by atoms with Crippen LogP contribution in [0.2, 0.25) is 5.02 Å². The molecule has 1 aliphatic heterocycles. The Balaban J connectivity index is 1.18. The van der Waals surface area contributed by atoms with Crippen molar-refractivity contribution in [1.82, 2.24) is 25.5 Å². The molecule has 2 fully saturated rings. The smallest absolute Gasteiger partial charge is 0.316 e. The van der Waals surface area contributed by atoms with Crippen LogP contribution in [0, 0.1) is 0 Å². The van der Waals surface area contributed by atoms with E-state index in [-0.39, 0.29) is 30.4 Å². The summed E-state index contributed by atoms with van der Waals surface area (Å²) < 4.78 is 16.8. The van der Waals surface area contributed by atoms with Crippen molar-refractivity contribution in [3.63, 3.8) is 0 Å². The molecule has 2 aliphatic rings. The van der Waals surface area contributed by atoms with Crippen LogP contribution in [0.3, 0.4) is 0 Å². The quantitative estimate of drug-likeness (QED) is 0.228. The molecule has 2 N–H and O–H groups in total. The molecule has 2 aromatic carbocycles. The Kier molecular flexibility index (Phi) is 11.6. The highest BCUT2D eigenvalue weighted by Gasteiger charge is 2.41. The van der Waals surface area contributed by atoms with Crippen LogP contribution >= 0.6 is 11.6 Å². The summed E-state index contributed by atoms with van der Waals surface area (Å²) in [7, 11) is 3.56. The summed E-state index contributed by atoms with van der Waals surface area (Å²) in [5, 5.41) is 6.90. The molecule has 240 valence electrons. The molecule has 1 aliphatic carbocycles. The number of rotatable bonds is 16. The second kappa shape index (κ2) is 16.0. The first-order chi connectivity index (χ1) is 22.0. The van der Waals surface area contributed by atoms with Crippen molar-refractivity contribution in [2.45, 2.75) is 50.9 Å². The maximum absolute atomic E-state index is 14.1. The van der Waals surface area contributed by atoms with Gasteiger partial charge >= 0.3 is 6.01 Å². The third-order valence-corrected chi connectivity index (χ3v) is 8.24. The highest BCUT2D eigenvalue weighted by atomic mass is 35.5. The van der Waals surface area contributed by atoms with E-state index in [0.29, 0.717) is 50.0 Å². The second-order valence-electron chi connectivity index (χ2n) is 11.2. The van der Waals surface area contributed by atoms with Gasteiger partial charge in [0.1, 0.15) is 11.8 Å². The van der Waals surface area contributed by atoms with Crippen LogP contribution in [0.5, 0.6) is 11.8 Å². The van der Waals surface area contributed by atoms with Gasteiger partial charge in [0.2, 0.25) is 11.8 Å². The van der Waals surface area contributed by atoms with Crippen molar-refractivity contribution in [3.8, 4) is 11.8 Å². The molecule has 0 radical (unpaired) electrons. The predicted octanol–water partition coefficient (Wildman–Crippen LogP) is 3.38. The highest BCUT2D eigenvalue weighted by molar-refractivity contribution is 6.31. The average molecular weight is 637 g/mol. The standard InChI is InChI=1S/C33H41ClN6O5/c1-35-13-12-23-8-11-28(34)25(16-23)21-39(26-9-10-26)32(42)29-19-36-20-31(41)40(29)27-17-37-33(38-18-27)45-15-5-14-44-22-24-6-3-4-7-30(24)43-2/h3-4,6-8,11,16-18,26,29,35-36H,5,9-10,12-15,19-22H2,1-2H3/t29-/m1/s1.